The van der Waals surface area contributed by atoms with Crippen molar-refractivity contribution in [1.82, 2.24) is 9.97 Å². The summed E-state index contributed by atoms with van der Waals surface area (Å²) in [5.41, 5.74) is 1.21. The molecule has 0 saturated heterocycles. The fraction of sp³-hybridized carbons (Fsp3) is 0.381. The van der Waals surface area contributed by atoms with Crippen LogP contribution in [0.4, 0.5) is 10.2 Å². The lowest BCUT2D eigenvalue weighted by atomic mass is 9.82. The van der Waals surface area contributed by atoms with Crippen LogP contribution in [0.5, 0.6) is 0 Å². The maximum atomic E-state index is 14.0. The zero-order chi connectivity index (χ0) is 21.1. The number of ether oxygens (including phenoxy) is 1. The summed E-state index contributed by atoms with van der Waals surface area (Å²) in [7, 11) is 0. The van der Waals surface area contributed by atoms with Crippen molar-refractivity contribution in [2.24, 2.45) is 5.92 Å². The Balaban J connectivity index is 2.16. The topological polar surface area (TPSA) is 84.1 Å². The molecule has 0 radical (unpaired) electrons. The maximum Gasteiger partial charge on any atom is 0.336 e. The highest BCUT2D eigenvalue weighted by Crippen LogP contribution is 2.40. The van der Waals surface area contributed by atoms with Crippen molar-refractivity contribution in [2.45, 2.75) is 38.8 Å². The molecule has 6 nitrogen and oxygen atoms in total. The van der Waals surface area contributed by atoms with E-state index in [9.17, 15) is 14.0 Å². The number of aromatic nitrogens is 2. The van der Waals surface area contributed by atoms with Crippen molar-refractivity contribution < 1.29 is 13.9 Å². The Kier molecular flexibility index (Phi) is 6.42. The minimum absolute atomic E-state index is 0.192. The summed E-state index contributed by atoms with van der Waals surface area (Å²) >= 11 is 1.46. The second-order valence-corrected chi connectivity index (χ2v) is 8.22. The molecule has 2 aromatic rings. The fourth-order valence-corrected chi connectivity index (χ4v) is 4.06. The van der Waals surface area contributed by atoms with Crippen LogP contribution in [0.2, 0.25) is 0 Å². The van der Waals surface area contributed by atoms with Crippen LogP contribution in [0.25, 0.3) is 0 Å². The molecule has 0 fully saturated rings. The van der Waals surface area contributed by atoms with Gasteiger partial charge in [-0.25, -0.2) is 14.2 Å². The zero-order valence-corrected chi connectivity index (χ0v) is 17.7. The number of carbonyl (C=O) groups is 1. The van der Waals surface area contributed by atoms with Crippen molar-refractivity contribution in [3.05, 3.63) is 62.8 Å². The molecule has 1 aliphatic rings. The van der Waals surface area contributed by atoms with Crippen LogP contribution in [0.3, 0.4) is 0 Å². The first-order valence-corrected chi connectivity index (χ1v) is 10.5. The van der Waals surface area contributed by atoms with E-state index >= 15 is 0 Å². The lowest BCUT2D eigenvalue weighted by Gasteiger charge is -2.28. The zero-order valence-electron chi connectivity index (χ0n) is 16.8. The van der Waals surface area contributed by atoms with Crippen LogP contribution in [-0.4, -0.2) is 28.3 Å². The molecule has 1 aliphatic heterocycles. The number of halogens is 1. The predicted molar refractivity (Wildman–Crippen MR) is 112 cm³/mol. The molecule has 0 bridgehead atoms. The smallest absolute Gasteiger partial charge is 0.336 e. The SMILES string of the molecule is CCOC(=O)C1=C(C)Nc2nc(SCC(C)C)[nH]c(=O)c2C1c1cccc(F)c1. The fourth-order valence-electron chi connectivity index (χ4n) is 3.24. The number of thioether (sulfide) groups is 1. The molecule has 0 aliphatic carbocycles. The molecule has 1 unspecified atom stereocenters. The molecule has 29 heavy (non-hydrogen) atoms. The highest BCUT2D eigenvalue weighted by molar-refractivity contribution is 7.99. The van der Waals surface area contributed by atoms with Crippen molar-refractivity contribution in [1.29, 1.82) is 0 Å². The maximum absolute atomic E-state index is 14.0. The van der Waals surface area contributed by atoms with Gasteiger partial charge in [0.2, 0.25) is 0 Å². The Morgan fingerprint density at radius 2 is 2.14 bits per heavy atom. The summed E-state index contributed by atoms with van der Waals surface area (Å²) < 4.78 is 19.2. The second-order valence-electron chi connectivity index (χ2n) is 7.21. The molecule has 3 rings (SSSR count). The Bertz CT molecular complexity index is 1020. The monoisotopic (exact) mass is 417 g/mol. The van der Waals surface area contributed by atoms with Crippen LogP contribution in [0.15, 0.2) is 45.5 Å². The molecule has 8 heteroatoms. The van der Waals surface area contributed by atoms with Crippen LogP contribution in [0, 0.1) is 11.7 Å². The van der Waals surface area contributed by atoms with Crippen LogP contribution >= 0.6 is 11.8 Å². The van der Waals surface area contributed by atoms with Gasteiger partial charge in [0.05, 0.1) is 23.7 Å². The highest BCUT2D eigenvalue weighted by atomic mass is 32.2. The third-order valence-corrected chi connectivity index (χ3v) is 5.75. The largest absolute Gasteiger partial charge is 0.463 e. The van der Waals surface area contributed by atoms with Gasteiger partial charge in [-0.3, -0.25) is 4.79 Å². The number of H-pyrrole nitrogens is 1. The summed E-state index contributed by atoms with van der Waals surface area (Å²) in [6, 6.07) is 5.89. The number of esters is 1. The van der Waals surface area contributed by atoms with Crippen molar-refractivity contribution in [3.63, 3.8) is 0 Å². The van der Waals surface area contributed by atoms with Gasteiger partial charge in [0.1, 0.15) is 11.6 Å². The second kappa shape index (κ2) is 8.82. The Labute approximate surface area is 173 Å². The predicted octanol–water partition coefficient (Wildman–Crippen LogP) is 4.05. The van der Waals surface area contributed by atoms with Crippen LogP contribution < -0.4 is 10.9 Å². The number of carbonyl (C=O) groups excluding carboxylic acids is 1. The molecular formula is C21H24FN3O3S. The first kappa shape index (κ1) is 21.1. The van der Waals surface area contributed by atoms with E-state index in [2.05, 4.69) is 29.1 Å². The van der Waals surface area contributed by atoms with Crippen molar-refractivity contribution in [2.75, 3.05) is 17.7 Å². The van der Waals surface area contributed by atoms with E-state index in [4.69, 9.17) is 4.74 Å². The van der Waals surface area contributed by atoms with Gasteiger partial charge in [-0.1, -0.05) is 37.7 Å². The lowest BCUT2D eigenvalue weighted by molar-refractivity contribution is -0.138. The summed E-state index contributed by atoms with van der Waals surface area (Å²) in [5.74, 6) is -0.155. The Morgan fingerprint density at radius 1 is 1.38 bits per heavy atom. The number of fused-ring (bicyclic) bond motifs is 1. The van der Waals surface area contributed by atoms with Gasteiger partial charge in [0, 0.05) is 11.4 Å². The molecule has 0 saturated carbocycles. The molecule has 2 N–H and O–H groups in total. The molecule has 2 heterocycles. The highest BCUT2D eigenvalue weighted by Gasteiger charge is 2.36. The van der Waals surface area contributed by atoms with Gasteiger partial charge in [0.15, 0.2) is 5.16 Å². The summed E-state index contributed by atoms with van der Waals surface area (Å²) in [6.07, 6.45) is 0. The molecule has 1 atom stereocenters. The van der Waals surface area contributed by atoms with E-state index in [-0.39, 0.29) is 23.3 Å². The van der Waals surface area contributed by atoms with Crippen LogP contribution in [-0.2, 0) is 9.53 Å². The van der Waals surface area contributed by atoms with Gasteiger partial charge < -0.3 is 15.0 Å². The summed E-state index contributed by atoms with van der Waals surface area (Å²) in [5, 5.41) is 3.57. The van der Waals surface area contributed by atoms with E-state index < -0.39 is 17.7 Å². The first-order valence-electron chi connectivity index (χ1n) is 9.49. The Hall–Kier alpha value is -2.61. The number of hydrogen-bond donors (Lipinski definition) is 2. The molecule has 154 valence electrons. The molecule has 1 aromatic heterocycles. The number of nitrogens with one attached hydrogen (secondary N) is 2. The lowest BCUT2D eigenvalue weighted by Crippen LogP contribution is -2.31. The standard InChI is InChI=1S/C21H24FN3O3S/c1-5-28-20(27)15-12(4)23-18-17(16(15)13-7-6-8-14(22)9-13)19(26)25-21(24-18)29-10-11(2)3/h6-9,11,16H,5,10H2,1-4H3,(H2,23,24,25,26). The number of nitrogens with zero attached hydrogens (tertiary/aromatic N) is 1. The number of anilines is 1. The minimum Gasteiger partial charge on any atom is -0.463 e. The average molecular weight is 418 g/mol. The molecule has 1 aromatic carbocycles. The number of aromatic amines is 1. The summed E-state index contributed by atoms with van der Waals surface area (Å²) in [6.45, 7) is 7.80. The van der Waals surface area contributed by atoms with E-state index in [1.54, 1.807) is 26.0 Å². The third-order valence-electron chi connectivity index (χ3n) is 4.45. The van der Waals surface area contributed by atoms with E-state index in [1.165, 1.54) is 23.9 Å². The van der Waals surface area contributed by atoms with Gasteiger partial charge in [0.25, 0.3) is 5.56 Å². The van der Waals surface area contributed by atoms with Gasteiger partial charge in [-0.05, 0) is 37.5 Å². The quantitative estimate of drug-likeness (QED) is 0.419. The van der Waals surface area contributed by atoms with E-state index in [1.807, 2.05) is 0 Å². The number of allylic oxidation sites excluding steroid dienone is 1. The molecule has 0 spiro atoms. The Morgan fingerprint density at radius 3 is 2.79 bits per heavy atom. The molecule has 0 amide bonds. The van der Waals surface area contributed by atoms with Crippen molar-refractivity contribution >= 4 is 23.5 Å². The van der Waals surface area contributed by atoms with Crippen molar-refractivity contribution in [3.8, 4) is 0 Å². The number of hydrogen-bond acceptors (Lipinski definition) is 6. The summed E-state index contributed by atoms with van der Waals surface area (Å²) in [4.78, 5) is 33.1. The third kappa shape index (κ3) is 4.53. The van der Waals surface area contributed by atoms with Gasteiger partial charge in [-0.15, -0.1) is 0 Å². The number of rotatable bonds is 6. The minimum atomic E-state index is -0.776. The van der Waals surface area contributed by atoms with Gasteiger partial charge >= 0.3 is 5.97 Å². The average Bonchev–Trinajstić information content (AvgIpc) is 2.65. The van der Waals surface area contributed by atoms with Gasteiger partial charge in [-0.2, -0.15) is 0 Å². The van der Waals surface area contributed by atoms with E-state index in [0.29, 0.717) is 28.2 Å². The number of benzene rings is 1. The van der Waals surface area contributed by atoms with Crippen LogP contribution in [0.1, 0.15) is 44.7 Å². The first-order chi connectivity index (χ1) is 13.8. The van der Waals surface area contributed by atoms with E-state index in [0.717, 1.165) is 5.75 Å². The normalized spacial score (nSPS) is 15.9. The molecular weight excluding hydrogens is 393 g/mol.